The lowest BCUT2D eigenvalue weighted by Crippen LogP contribution is -2.28. The van der Waals surface area contributed by atoms with Crippen LogP contribution < -0.4 is 11.1 Å². The third-order valence-corrected chi connectivity index (χ3v) is 2.28. The Hall–Kier alpha value is -2.37. The number of carbonyl (C=O) groups is 1. The number of imidazole rings is 1. The van der Waals surface area contributed by atoms with E-state index in [0.29, 0.717) is 17.3 Å². The molecular formula is C11H13N5O. The summed E-state index contributed by atoms with van der Waals surface area (Å²) in [6.07, 6.45) is 3.34. The zero-order chi connectivity index (χ0) is 12.3. The van der Waals surface area contributed by atoms with E-state index < -0.39 is 0 Å². The van der Waals surface area contributed by atoms with Gasteiger partial charge in [-0.2, -0.15) is 0 Å². The smallest absolute Gasteiger partial charge is 0.270 e. The fraction of sp³-hybridized carbons (Fsp3) is 0.182. The summed E-state index contributed by atoms with van der Waals surface area (Å²) in [7, 11) is 0. The Kier molecular flexibility index (Phi) is 3.04. The normalized spacial score (nSPS) is 12.1. The third-order valence-electron chi connectivity index (χ3n) is 2.28. The number of aromatic amines is 1. The molecule has 0 fully saturated rings. The molecule has 2 rings (SSSR count). The Morgan fingerprint density at radius 2 is 2.35 bits per heavy atom. The summed E-state index contributed by atoms with van der Waals surface area (Å²) in [5.41, 5.74) is 5.81. The van der Waals surface area contributed by atoms with E-state index in [9.17, 15) is 4.79 Å². The minimum absolute atomic E-state index is 0.208. The first-order valence-corrected chi connectivity index (χ1v) is 5.19. The Labute approximate surface area is 98.3 Å². The van der Waals surface area contributed by atoms with Crippen molar-refractivity contribution in [3.63, 3.8) is 0 Å². The van der Waals surface area contributed by atoms with Gasteiger partial charge in [0.2, 0.25) is 0 Å². The Morgan fingerprint density at radius 1 is 1.53 bits per heavy atom. The minimum Gasteiger partial charge on any atom is -0.384 e. The number of nitrogen functional groups attached to an aromatic ring is 1. The number of H-pyrrole nitrogens is 1. The highest BCUT2D eigenvalue weighted by Crippen LogP contribution is 2.07. The van der Waals surface area contributed by atoms with E-state index in [1.165, 1.54) is 0 Å². The summed E-state index contributed by atoms with van der Waals surface area (Å²) in [5, 5.41) is 2.78. The maximum absolute atomic E-state index is 11.8. The van der Waals surface area contributed by atoms with Gasteiger partial charge in [0.1, 0.15) is 17.3 Å². The van der Waals surface area contributed by atoms with Crippen LogP contribution in [0.5, 0.6) is 0 Å². The molecular weight excluding hydrogens is 218 g/mol. The first-order chi connectivity index (χ1) is 8.16. The molecule has 88 valence electrons. The number of nitrogens with two attached hydrogens (primary N) is 1. The van der Waals surface area contributed by atoms with Crippen molar-refractivity contribution in [1.82, 2.24) is 20.3 Å². The third kappa shape index (κ3) is 2.60. The highest BCUT2D eigenvalue weighted by atomic mass is 16.1. The van der Waals surface area contributed by atoms with Crippen molar-refractivity contribution in [3.05, 3.63) is 42.1 Å². The van der Waals surface area contributed by atoms with Gasteiger partial charge in [-0.15, -0.1) is 0 Å². The summed E-state index contributed by atoms with van der Waals surface area (Å²) in [6, 6.07) is 4.72. The molecule has 0 saturated carbocycles. The maximum Gasteiger partial charge on any atom is 0.270 e. The SMILES string of the molecule is CC(NC(=O)c1cccc(N)n1)c1ncc[nH]1. The van der Waals surface area contributed by atoms with Crippen molar-refractivity contribution in [1.29, 1.82) is 0 Å². The second kappa shape index (κ2) is 4.65. The molecule has 0 radical (unpaired) electrons. The van der Waals surface area contributed by atoms with Crippen LogP contribution in [-0.4, -0.2) is 20.9 Å². The number of anilines is 1. The lowest BCUT2D eigenvalue weighted by atomic mass is 10.2. The fourth-order valence-electron chi connectivity index (χ4n) is 1.43. The Morgan fingerprint density at radius 3 is 3.00 bits per heavy atom. The largest absolute Gasteiger partial charge is 0.384 e. The second-order valence-corrected chi connectivity index (χ2v) is 3.62. The predicted octanol–water partition coefficient (Wildman–Crippen LogP) is 0.878. The van der Waals surface area contributed by atoms with Crippen LogP contribution in [0.3, 0.4) is 0 Å². The lowest BCUT2D eigenvalue weighted by Gasteiger charge is -2.10. The molecule has 0 aliphatic carbocycles. The molecule has 1 amide bonds. The van der Waals surface area contributed by atoms with Gasteiger partial charge in [-0.05, 0) is 19.1 Å². The average molecular weight is 231 g/mol. The van der Waals surface area contributed by atoms with Gasteiger partial charge in [0, 0.05) is 12.4 Å². The summed E-state index contributed by atoms with van der Waals surface area (Å²) in [6.45, 7) is 1.84. The molecule has 0 aliphatic heterocycles. The van der Waals surface area contributed by atoms with E-state index in [0.717, 1.165) is 0 Å². The Bertz CT molecular complexity index is 508. The van der Waals surface area contributed by atoms with Crippen LogP contribution in [0.2, 0.25) is 0 Å². The van der Waals surface area contributed by atoms with E-state index in [-0.39, 0.29) is 11.9 Å². The van der Waals surface area contributed by atoms with Crippen molar-refractivity contribution in [3.8, 4) is 0 Å². The molecule has 6 nitrogen and oxygen atoms in total. The van der Waals surface area contributed by atoms with Gasteiger partial charge in [0.05, 0.1) is 6.04 Å². The number of hydrogen-bond acceptors (Lipinski definition) is 4. The summed E-state index contributed by atoms with van der Waals surface area (Å²) in [4.78, 5) is 22.8. The average Bonchev–Trinajstić information content (AvgIpc) is 2.82. The molecule has 2 aromatic heterocycles. The zero-order valence-electron chi connectivity index (χ0n) is 9.34. The first-order valence-electron chi connectivity index (χ1n) is 5.19. The van der Waals surface area contributed by atoms with Crippen LogP contribution in [0.25, 0.3) is 0 Å². The van der Waals surface area contributed by atoms with Crippen molar-refractivity contribution < 1.29 is 4.79 Å². The molecule has 1 unspecified atom stereocenters. The Balaban J connectivity index is 2.07. The van der Waals surface area contributed by atoms with Crippen molar-refractivity contribution in [2.45, 2.75) is 13.0 Å². The van der Waals surface area contributed by atoms with Crippen LogP contribution in [0.15, 0.2) is 30.6 Å². The monoisotopic (exact) mass is 231 g/mol. The second-order valence-electron chi connectivity index (χ2n) is 3.62. The molecule has 1 atom stereocenters. The number of aromatic nitrogens is 3. The molecule has 0 bridgehead atoms. The van der Waals surface area contributed by atoms with E-state index in [1.807, 2.05) is 6.92 Å². The standard InChI is InChI=1S/C11H13N5O/c1-7(10-13-5-6-14-10)15-11(17)8-3-2-4-9(12)16-8/h2-7H,1H3,(H2,12,16)(H,13,14)(H,15,17). The van der Waals surface area contributed by atoms with Gasteiger partial charge in [-0.25, -0.2) is 9.97 Å². The first kappa shape index (κ1) is 11.1. The van der Waals surface area contributed by atoms with Crippen LogP contribution in [0.4, 0.5) is 5.82 Å². The van der Waals surface area contributed by atoms with Crippen LogP contribution in [0, 0.1) is 0 Å². The van der Waals surface area contributed by atoms with Gasteiger partial charge >= 0.3 is 0 Å². The fourth-order valence-corrected chi connectivity index (χ4v) is 1.43. The lowest BCUT2D eigenvalue weighted by molar-refractivity contribution is 0.0933. The minimum atomic E-state index is -0.277. The molecule has 17 heavy (non-hydrogen) atoms. The number of nitrogens with zero attached hydrogens (tertiary/aromatic N) is 2. The summed E-state index contributed by atoms with van der Waals surface area (Å²) >= 11 is 0. The number of rotatable bonds is 3. The molecule has 6 heteroatoms. The molecule has 2 heterocycles. The van der Waals surface area contributed by atoms with Gasteiger partial charge in [0.25, 0.3) is 5.91 Å². The molecule has 0 saturated heterocycles. The molecule has 0 aliphatic rings. The van der Waals surface area contributed by atoms with E-state index in [4.69, 9.17) is 5.73 Å². The van der Waals surface area contributed by atoms with Crippen molar-refractivity contribution in [2.24, 2.45) is 0 Å². The molecule has 4 N–H and O–H groups in total. The number of nitrogens with one attached hydrogen (secondary N) is 2. The van der Waals surface area contributed by atoms with E-state index in [1.54, 1.807) is 30.6 Å². The van der Waals surface area contributed by atoms with Gasteiger partial charge < -0.3 is 16.0 Å². The number of amides is 1. The van der Waals surface area contributed by atoms with E-state index >= 15 is 0 Å². The molecule has 2 aromatic rings. The van der Waals surface area contributed by atoms with Crippen LogP contribution in [-0.2, 0) is 0 Å². The van der Waals surface area contributed by atoms with Gasteiger partial charge in [-0.1, -0.05) is 6.07 Å². The number of pyridine rings is 1. The maximum atomic E-state index is 11.8. The predicted molar refractivity (Wildman–Crippen MR) is 63.1 cm³/mol. The highest BCUT2D eigenvalue weighted by Gasteiger charge is 2.13. The summed E-state index contributed by atoms with van der Waals surface area (Å²) < 4.78 is 0. The highest BCUT2D eigenvalue weighted by molar-refractivity contribution is 5.92. The topological polar surface area (TPSA) is 96.7 Å². The van der Waals surface area contributed by atoms with Gasteiger partial charge in [0.15, 0.2) is 0 Å². The van der Waals surface area contributed by atoms with Crippen LogP contribution >= 0.6 is 0 Å². The zero-order valence-corrected chi connectivity index (χ0v) is 9.34. The molecule has 0 spiro atoms. The van der Waals surface area contributed by atoms with Gasteiger partial charge in [-0.3, -0.25) is 4.79 Å². The quantitative estimate of drug-likeness (QED) is 0.730. The number of carbonyl (C=O) groups excluding carboxylic acids is 1. The number of hydrogen-bond donors (Lipinski definition) is 3. The molecule has 0 aromatic carbocycles. The van der Waals surface area contributed by atoms with Crippen molar-refractivity contribution >= 4 is 11.7 Å². The van der Waals surface area contributed by atoms with Crippen LogP contribution in [0.1, 0.15) is 29.3 Å². The van der Waals surface area contributed by atoms with Crippen molar-refractivity contribution in [2.75, 3.05) is 5.73 Å². The van der Waals surface area contributed by atoms with E-state index in [2.05, 4.69) is 20.3 Å². The summed E-state index contributed by atoms with van der Waals surface area (Å²) in [5.74, 6) is 0.742.